The van der Waals surface area contributed by atoms with E-state index in [0.717, 1.165) is 17.7 Å². The molecular formula is C22H18FN3O5. The van der Waals surface area contributed by atoms with Crippen molar-refractivity contribution in [2.45, 2.75) is 6.54 Å². The molecule has 0 saturated carbocycles. The van der Waals surface area contributed by atoms with Gasteiger partial charge in [0.05, 0.1) is 10.5 Å². The van der Waals surface area contributed by atoms with E-state index in [1.807, 2.05) is 30.3 Å². The van der Waals surface area contributed by atoms with Crippen molar-refractivity contribution < 1.29 is 23.6 Å². The van der Waals surface area contributed by atoms with E-state index in [1.165, 1.54) is 30.3 Å². The van der Waals surface area contributed by atoms with Crippen molar-refractivity contribution in [3.8, 4) is 0 Å². The van der Waals surface area contributed by atoms with E-state index in [0.29, 0.717) is 6.54 Å². The molecule has 1 amide bonds. The van der Waals surface area contributed by atoms with Gasteiger partial charge in [0.2, 0.25) is 0 Å². The highest BCUT2D eigenvalue weighted by atomic mass is 19.1. The minimum absolute atomic E-state index is 0.0736. The number of carbonyl (C=O) groups is 2. The Morgan fingerprint density at radius 2 is 1.77 bits per heavy atom. The zero-order chi connectivity index (χ0) is 22.2. The molecule has 0 bridgehead atoms. The molecule has 3 aromatic carbocycles. The van der Waals surface area contributed by atoms with Crippen LogP contribution in [0.5, 0.6) is 0 Å². The Kier molecular flexibility index (Phi) is 6.89. The van der Waals surface area contributed by atoms with E-state index < -0.39 is 29.2 Å². The first-order valence-corrected chi connectivity index (χ1v) is 9.21. The summed E-state index contributed by atoms with van der Waals surface area (Å²) in [4.78, 5) is 34.9. The number of nitrogens with one attached hydrogen (secondary N) is 2. The van der Waals surface area contributed by atoms with Crippen LogP contribution in [-0.4, -0.2) is 23.4 Å². The quantitative estimate of drug-likeness (QED) is 0.320. The molecule has 0 heterocycles. The Morgan fingerprint density at radius 1 is 1.00 bits per heavy atom. The number of benzene rings is 3. The number of amides is 1. The summed E-state index contributed by atoms with van der Waals surface area (Å²) >= 11 is 0. The Morgan fingerprint density at radius 3 is 2.48 bits per heavy atom. The molecule has 0 spiro atoms. The fourth-order valence-electron chi connectivity index (χ4n) is 2.73. The molecule has 3 rings (SSSR count). The highest BCUT2D eigenvalue weighted by molar-refractivity contribution is 5.96. The van der Waals surface area contributed by atoms with Gasteiger partial charge in [-0.3, -0.25) is 14.9 Å². The molecule has 158 valence electrons. The standard InChI is InChI=1S/C22H18FN3O5/c23-17-7-4-8-18(12-17)25-21(27)14-31-22(28)16-9-10-19(20(11-16)26(29)30)24-13-15-5-2-1-3-6-15/h1-12,24H,13-14H2,(H,25,27). The van der Waals surface area contributed by atoms with Crippen LogP contribution in [0, 0.1) is 15.9 Å². The second-order valence-electron chi connectivity index (χ2n) is 6.46. The fraction of sp³-hybridized carbons (Fsp3) is 0.0909. The molecule has 3 aromatic rings. The number of esters is 1. The zero-order valence-electron chi connectivity index (χ0n) is 16.2. The summed E-state index contributed by atoms with van der Waals surface area (Å²) in [7, 11) is 0. The fourth-order valence-corrected chi connectivity index (χ4v) is 2.73. The number of carbonyl (C=O) groups excluding carboxylic acids is 2. The van der Waals surface area contributed by atoms with Crippen LogP contribution >= 0.6 is 0 Å². The van der Waals surface area contributed by atoms with Gasteiger partial charge in [-0.2, -0.15) is 0 Å². The van der Waals surface area contributed by atoms with Crippen LogP contribution in [0.25, 0.3) is 0 Å². The minimum atomic E-state index is -0.896. The number of hydrogen-bond acceptors (Lipinski definition) is 6. The summed E-state index contributed by atoms with van der Waals surface area (Å²) < 4.78 is 18.1. The third-order valence-electron chi connectivity index (χ3n) is 4.20. The number of halogens is 1. The van der Waals surface area contributed by atoms with E-state index in [4.69, 9.17) is 4.74 Å². The normalized spacial score (nSPS) is 10.2. The molecule has 9 heteroatoms. The average molecular weight is 423 g/mol. The minimum Gasteiger partial charge on any atom is -0.452 e. The Hall–Kier alpha value is -4.27. The molecule has 0 aliphatic rings. The lowest BCUT2D eigenvalue weighted by Crippen LogP contribution is -2.21. The van der Waals surface area contributed by atoms with Crippen LogP contribution in [0.3, 0.4) is 0 Å². The van der Waals surface area contributed by atoms with E-state index in [2.05, 4.69) is 10.6 Å². The number of nitro benzene ring substituents is 1. The smallest absolute Gasteiger partial charge is 0.338 e. The van der Waals surface area contributed by atoms with Gasteiger partial charge >= 0.3 is 5.97 Å². The molecule has 2 N–H and O–H groups in total. The number of nitro groups is 1. The second kappa shape index (κ2) is 9.97. The molecule has 0 radical (unpaired) electrons. The number of anilines is 2. The van der Waals surface area contributed by atoms with Gasteiger partial charge < -0.3 is 15.4 Å². The first-order chi connectivity index (χ1) is 14.9. The number of hydrogen-bond donors (Lipinski definition) is 2. The largest absolute Gasteiger partial charge is 0.452 e. The van der Waals surface area contributed by atoms with Gasteiger partial charge in [-0.1, -0.05) is 36.4 Å². The molecule has 0 atom stereocenters. The predicted molar refractivity (Wildman–Crippen MR) is 112 cm³/mol. The molecule has 0 fully saturated rings. The SMILES string of the molecule is O=C(COC(=O)c1ccc(NCc2ccccc2)c([N+](=O)[O-])c1)Nc1cccc(F)c1. The van der Waals surface area contributed by atoms with Gasteiger partial charge in [0.15, 0.2) is 6.61 Å². The first kappa shape index (κ1) is 21.4. The molecule has 0 aromatic heterocycles. The highest BCUT2D eigenvalue weighted by Crippen LogP contribution is 2.26. The summed E-state index contributed by atoms with van der Waals surface area (Å²) in [5.74, 6) is -2.09. The lowest BCUT2D eigenvalue weighted by Gasteiger charge is -2.09. The molecular weight excluding hydrogens is 405 g/mol. The van der Waals surface area contributed by atoms with Gasteiger partial charge in [-0.25, -0.2) is 9.18 Å². The van der Waals surface area contributed by atoms with E-state index >= 15 is 0 Å². The third-order valence-corrected chi connectivity index (χ3v) is 4.20. The van der Waals surface area contributed by atoms with Gasteiger partial charge in [0, 0.05) is 18.3 Å². The van der Waals surface area contributed by atoms with Crippen molar-refractivity contribution in [2.24, 2.45) is 0 Å². The van der Waals surface area contributed by atoms with Crippen LogP contribution in [0.2, 0.25) is 0 Å². The molecule has 0 aliphatic carbocycles. The molecule has 0 aliphatic heterocycles. The Balaban J connectivity index is 1.62. The van der Waals surface area contributed by atoms with Crippen molar-refractivity contribution in [1.29, 1.82) is 0 Å². The van der Waals surface area contributed by atoms with E-state index in [1.54, 1.807) is 0 Å². The zero-order valence-corrected chi connectivity index (χ0v) is 16.2. The predicted octanol–water partition coefficient (Wildman–Crippen LogP) is 4.14. The number of rotatable bonds is 8. The monoisotopic (exact) mass is 423 g/mol. The maximum atomic E-state index is 13.1. The molecule has 0 unspecified atom stereocenters. The number of ether oxygens (including phenoxy) is 1. The van der Waals surface area contributed by atoms with Crippen LogP contribution < -0.4 is 10.6 Å². The summed E-state index contributed by atoms with van der Waals surface area (Å²) in [6.07, 6.45) is 0. The molecule has 8 nitrogen and oxygen atoms in total. The second-order valence-corrected chi connectivity index (χ2v) is 6.46. The molecule has 31 heavy (non-hydrogen) atoms. The summed E-state index contributed by atoms with van der Waals surface area (Å²) in [6.45, 7) is -0.261. The van der Waals surface area contributed by atoms with Crippen molar-refractivity contribution in [2.75, 3.05) is 17.2 Å². The topological polar surface area (TPSA) is 111 Å². The lowest BCUT2D eigenvalue weighted by atomic mass is 10.1. The van der Waals surface area contributed by atoms with Crippen molar-refractivity contribution in [3.63, 3.8) is 0 Å². The van der Waals surface area contributed by atoms with E-state index in [-0.39, 0.29) is 22.6 Å². The van der Waals surface area contributed by atoms with Gasteiger partial charge in [-0.05, 0) is 35.9 Å². The Labute approximate surface area is 176 Å². The summed E-state index contributed by atoms with van der Waals surface area (Å²) in [5, 5.41) is 16.8. The highest BCUT2D eigenvalue weighted by Gasteiger charge is 2.19. The van der Waals surface area contributed by atoms with Gasteiger partial charge in [0.1, 0.15) is 11.5 Å². The maximum absolute atomic E-state index is 13.1. The number of nitrogens with zero attached hydrogens (tertiary/aromatic N) is 1. The van der Waals surface area contributed by atoms with Crippen molar-refractivity contribution >= 4 is 28.9 Å². The van der Waals surface area contributed by atoms with Gasteiger partial charge in [0.25, 0.3) is 11.6 Å². The van der Waals surface area contributed by atoms with Crippen molar-refractivity contribution in [3.05, 3.63) is 99.9 Å². The summed E-state index contributed by atoms with van der Waals surface area (Å²) in [6, 6.07) is 18.4. The van der Waals surface area contributed by atoms with E-state index in [9.17, 15) is 24.1 Å². The first-order valence-electron chi connectivity index (χ1n) is 9.21. The average Bonchev–Trinajstić information content (AvgIpc) is 2.76. The van der Waals surface area contributed by atoms with Gasteiger partial charge in [-0.15, -0.1) is 0 Å². The van der Waals surface area contributed by atoms with Crippen LogP contribution in [0.1, 0.15) is 15.9 Å². The maximum Gasteiger partial charge on any atom is 0.338 e. The third kappa shape index (κ3) is 6.10. The van der Waals surface area contributed by atoms with Crippen molar-refractivity contribution in [1.82, 2.24) is 0 Å². The van der Waals surface area contributed by atoms with Crippen LogP contribution in [0.15, 0.2) is 72.8 Å². The molecule has 0 saturated heterocycles. The van der Waals surface area contributed by atoms with Crippen LogP contribution in [0.4, 0.5) is 21.5 Å². The lowest BCUT2D eigenvalue weighted by molar-refractivity contribution is -0.384. The van der Waals surface area contributed by atoms with Crippen LogP contribution in [-0.2, 0) is 16.1 Å². The summed E-state index contributed by atoms with van der Waals surface area (Å²) in [5.41, 5.74) is 1.02. The Bertz CT molecular complexity index is 1110.